The predicted molar refractivity (Wildman–Crippen MR) is 84.4 cm³/mol. The second kappa shape index (κ2) is 8.31. The molecule has 0 unspecified atom stereocenters. The zero-order chi connectivity index (χ0) is 15.9. The lowest BCUT2D eigenvalue weighted by Crippen LogP contribution is -2.48. The molecule has 1 aliphatic heterocycles. The van der Waals surface area contributed by atoms with E-state index < -0.39 is 10.0 Å². The van der Waals surface area contributed by atoms with E-state index in [0.717, 1.165) is 25.9 Å². The Kier molecular flexibility index (Phi) is 7.07. The van der Waals surface area contributed by atoms with Crippen LogP contribution in [0.2, 0.25) is 0 Å². The van der Waals surface area contributed by atoms with E-state index in [4.69, 9.17) is 0 Å². The summed E-state index contributed by atoms with van der Waals surface area (Å²) in [5.74, 6) is 0.0457. The molecule has 6 nitrogen and oxygen atoms in total. The number of sulfonamides is 1. The lowest BCUT2D eigenvalue weighted by molar-refractivity contribution is -0.131. The summed E-state index contributed by atoms with van der Waals surface area (Å²) in [7, 11) is -3.16. The molecule has 21 heavy (non-hydrogen) atoms. The molecule has 0 aromatic heterocycles. The molecule has 0 saturated carbocycles. The first kappa shape index (κ1) is 17.9. The van der Waals surface area contributed by atoms with Crippen molar-refractivity contribution in [1.82, 2.24) is 14.5 Å². The van der Waals surface area contributed by atoms with Gasteiger partial charge in [0.1, 0.15) is 0 Å². The average molecular weight is 315 g/mol. The normalized spacial score (nSPS) is 17.4. The third-order valence-corrected chi connectivity index (χ3v) is 4.14. The van der Waals surface area contributed by atoms with Crippen molar-refractivity contribution in [3.63, 3.8) is 0 Å². The van der Waals surface area contributed by atoms with Gasteiger partial charge in [-0.2, -0.15) is 0 Å². The number of hydrogen-bond donors (Lipinski definition) is 1. The van der Waals surface area contributed by atoms with Crippen molar-refractivity contribution in [3.8, 4) is 0 Å². The van der Waals surface area contributed by atoms with Gasteiger partial charge in [-0.25, -0.2) is 13.1 Å². The molecular weight excluding hydrogens is 290 g/mol. The number of amides is 1. The quantitative estimate of drug-likeness (QED) is 0.650. The van der Waals surface area contributed by atoms with Gasteiger partial charge < -0.3 is 4.90 Å². The summed E-state index contributed by atoms with van der Waals surface area (Å²) in [6, 6.07) is -0.0243. The number of piperidine rings is 1. The SMILES string of the molecule is C=CCN(CC=C)C(=O)CN1CCC(NS(C)(=O)=O)CC1. The molecule has 1 aliphatic rings. The van der Waals surface area contributed by atoms with E-state index in [2.05, 4.69) is 22.8 Å². The zero-order valence-electron chi connectivity index (χ0n) is 12.6. The van der Waals surface area contributed by atoms with Crippen molar-refractivity contribution in [3.05, 3.63) is 25.3 Å². The van der Waals surface area contributed by atoms with Gasteiger partial charge in [0, 0.05) is 32.2 Å². The molecule has 120 valence electrons. The molecule has 0 aliphatic carbocycles. The van der Waals surface area contributed by atoms with Gasteiger partial charge in [0.15, 0.2) is 0 Å². The summed E-state index contributed by atoms with van der Waals surface area (Å²) >= 11 is 0. The zero-order valence-corrected chi connectivity index (χ0v) is 13.4. The minimum atomic E-state index is -3.16. The van der Waals surface area contributed by atoms with Crippen molar-refractivity contribution in [1.29, 1.82) is 0 Å². The molecule has 1 saturated heterocycles. The Balaban J connectivity index is 2.42. The highest BCUT2D eigenvalue weighted by Crippen LogP contribution is 2.11. The highest BCUT2D eigenvalue weighted by molar-refractivity contribution is 7.88. The van der Waals surface area contributed by atoms with Crippen LogP contribution in [-0.4, -0.2) is 69.1 Å². The van der Waals surface area contributed by atoms with E-state index in [0.29, 0.717) is 19.6 Å². The summed E-state index contributed by atoms with van der Waals surface area (Å²) in [6.07, 6.45) is 6.02. The van der Waals surface area contributed by atoms with Crippen LogP contribution in [-0.2, 0) is 14.8 Å². The van der Waals surface area contributed by atoms with Crippen molar-refractivity contribution in [2.45, 2.75) is 18.9 Å². The number of nitrogens with one attached hydrogen (secondary N) is 1. The van der Waals surface area contributed by atoms with Gasteiger partial charge in [0.25, 0.3) is 0 Å². The maximum absolute atomic E-state index is 12.2. The number of rotatable bonds is 8. The lowest BCUT2D eigenvalue weighted by atomic mass is 10.1. The monoisotopic (exact) mass is 315 g/mol. The van der Waals surface area contributed by atoms with Crippen LogP contribution in [0, 0.1) is 0 Å². The van der Waals surface area contributed by atoms with Crippen molar-refractivity contribution in [2.24, 2.45) is 0 Å². The molecular formula is C14H25N3O3S. The summed E-state index contributed by atoms with van der Waals surface area (Å²) in [6.45, 7) is 10.1. The molecule has 0 bridgehead atoms. The van der Waals surface area contributed by atoms with Gasteiger partial charge in [0.2, 0.25) is 15.9 Å². The minimum Gasteiger partial charge on any atom is -0.334 e. The minimum absolute atomic E-state index is 0.0243. The van der Waals surface area contributed by atoms with Gasteiger partial charge in [-0.3, -0.25) is 9.69 Å². The Morgan fingerprint density at radius 1 is 1.29 bits per heavy atom. The number of nitrogens with zero attached hydrogens (tertiary/aromatic N) is 2. The number of hydrogen-bond acceptors (Lipinski definition) is 4. The maximum Gasteiger partial charge on any atom is 0.237 e. The number of carbonyl (C=O) groups excluding carboxylic acids is 1. The fraction of sp³-hybridized carbons (Fsp3) is 0.643. The van der Waals surface area contributed by atoms with E-state index in [1.165, 1.54) is 6.26 Å². The third kappa shape index (κ3) is 6.88. The van der Waals surface area contributed by atoms with Crippen LogP contribution in [0.3, 0.4) is 0 Å². The topological polar surface area (TPSA) is 69.7 Å². The van der Waals surface area contributed by atoms with Gasteiger partial charge in [-0.1, -0.05) is 12.2 Å². The molecule has 1 rings (SSSR count). The highest BCUT2D eigenvalue weighted by atomic mass is 32.2. The second-order valence-electron chi connectivity index (χ2n) is 5.32. The van der Waals surface area contributed by atoms with E-state index >= 15 is 0 Å². The average Bonchev–Trinajstić information content (AvgIpc) is 2.39. The molecule has 1 fully saturated rings. The van der Waals surface area contributed by atoms with Crippen molar-refractivity contribution < 1.29 is 13.2 Å². The third-order valence-electron chi connectivity index (χ3n) is 3.38. The largest absolute Gasteiger partial charge is 0.334 e. The van der Waals surface area contributed by atoms with Crippen molar-refractivity contribution in [2.75, 3.05) is 39.0 Å². The Morgan fingerprint density at radius 2 is 1.81 bits per heavy atom. The van der Waals surface area contributed by atoms with Crippen LogP contribution >= 0.6 is 0 Å². The summed E-state index contributed by atoms with van der Waals surface area (Å²) in [4.78, 5) is 15.9. The van der Waals surface area contributed by atoms with Gasteiger partial charge >= 0.3 is 0 Å². The summed E-state index contributed by atoms with van der Waals surface area (Å²) in [5, 5.41) is 0. The molecule has 0 atom stereocenters. The number of likely N-dealkylation sites (tertiary alicyclic amines) is 1. The Morgan fingerprint density at radius 3 is 2.24 bits per heavy atom. The molecule has 1 heterocycles. The fourth-order valence-corrected chi connectivity index (χ4v) is 3.23. The molecule has 7 heteroatoms. The summed E-state index contributed by atoms with van der Waals surface area (Å²) in [5.41, 5.74) is 0. The first-order valence-electron chi connectivity index (χ1n) is 7.05. The van der Waals surface area contributed by atoms with Crippen molar-refractivity contribution >= 4 is 15.9 Å². The first-order valence-corrected chi connectivity index (χ1v) is 8.94. The summed E-state index contributed by atoms with van der Waals surface area (Å²) < 4.78 is 25.0. The molecule has 0 radical (unpaired) electrons. The van der Waals surface area contributed by atoms with Gasteiger partial charge in [-0.05, 0) is 12.8 Å². The Bertz CT molecular complexity index is 458. The molecule has 0 spiro atoms. The molecule has 1 N–H and O–H groups in total. The van der Waals surface area contributed by atoms with E-state index in [-0.39, 0.29) is 11.9 Å². The van der Waals surface area contributed by atoms with Crippen LogP contribution in [0.15, 0.2) is 25.3 Å². The van der Waals surface area contributed by atoms with Crippen LogP contribution in [0.4, 0.5) is 0 Å². The van der Waals surface area contributed by atoms with Crippen LogP contribution < -0.4 is 4.72 Å². The van der Waals surface area contributed by atoms with Crippen LogP contribution in [0.5, 0.6) is 0 Å². The number of carbonyl (C=O) groups is 1. The van der Waals surface area contributed by atoms with E-state index in [1.54, 1.807) is 17.1 Å². The highest BCUT2D eigenvalue weighted by Gasteiger charge is 2.23. The fourth-order valence-electron chi connectivity index (χ4n) is 2.39. The predicted octanol–water partition coefficient (Wildman–Crippen LogP) is 0.201. The second-order valence-corrected chi connectivity index (χ2v) is 7.10. The van der Waals surface area contributed by atoms with Crippen LogP contribution in [0.25, 0.3) is 0 Å². The van der Waals surface area contributed by atoms with E-state index in [9.17, 15) is 13.2 Å². The van der Waals surface area contributed by atoms with Crippen LogP contribution in [0.1, 0.15) is 12.8 Å². The molecule has 0 aromatic rings. The van der Waals surface area contributed by atoms with E-state index in [1.807, 2.05) is 0 Å². The standard InChI is InChI=1S/C14H25N3O3S/c1-4-8-17(9-5-2)14(18)12-16-10-6-13(7-11-16)15-21(3,19)20/h4-5,13,15H,1-2,6-12H2,3H3. The Labute approximate surface area is 127 Å². The lowest BCUT2D eigenvalue weighted by Gasteiger charge is -2.32. The van der Waals surface area contributed by atoms with Gasteiger partial charge in [0.05, 0.1) is 12.8 Å². The molecule has 1 amide bonds. The molecule has 0 aromatic carbocycles. The maximum atomic E-state index is 12.2. The Hall–Kier alpha value is -1.18. The van der Waals surface area contributed by atoms with Gasteiger partial charge in [-0.15, -0.1) is 13.2 Å². The smallest absolute Gasteiger partial charge is 0.237 e. The first-order chi connectivity index (χ1) is 9.85.